The van der Waals surface area contributed by atoms with Crippen LogP contribution in [-0.4, -0.2) is 24.0 Å². The molecule has 0 saturated carbocycles. The second-order valence-corrected chi connectivity index (χ2v) is 5.75. The van der Waals surface area contributed by atoms with Crippen LogP contribution in [0.15, 0.2) is 34.9 Å². The molecule has 1 aliphatic rings. The van der Waals surface area contributed by atoms with Gasteiger partial charge in [-0.25, -0.2) is 0 Å². The number of hydrogen-bond acceptors (Lipinski definition) is 3. The van der Waals surface area contributed by atoms with E-state index >= 15 is 0 Å². The first-order valence-corrected chi connectivity index (χ1v) is 7.17. The van der Waals surface area contributed by atoms with Gasteiger partial charge in [-0.3, -0.25) is 4.90 Å². The van der Waals surface area contributed by atoms with Crippen molar-refractivity contribution in [3.8, 4) is 0 Å². The van der Waals surface area contributed by atoms with Crippen LogP contribution < -0.4 is 5.73 Å². The Bertz CT molecular complexity index is 554. The number of benzene rings is 1. The largest absolute Gasteiger partial charge is 0.464 e. The summed E-state index contributed by atoms with van der Waals surface area (Å²) in [6, 6.07) is 8.76. The molecule has 3 rings (SSSR count). The lowest BCUT2D eigenvalue weighted by molar-refractivity contribution is 0.115. The standard InChI is InChI=1S/C16H22N2O.ClH/c1-12-6-7-18(14(8-12)9-17)10-13-11-19-16-5-3-2-4-15(13)16;/h2-5,11-12,14H,6-10,17H2,1H3;1H. The van der Waals surface area contributed by atoms with Crippen molar-refractivity contribution in [2.45, 2.75) is 32.4 Å². The van der Waals surface area contributed by atoms with E-state index in [1.807, 2.05) is 18.4 Å². The quantitative estimate of drug-likeness (QED) is 0.943. The van der Waals surface area contributed by atoms with Crippen molar-refractivity contribution in [2.75, 3.05) is 13.1 Å². The summed E-state index contributed by atoms with van der Waals surface area (Å²) in [6.45, 7) is 5.17. The lowest BCUT2D eigenvalue weighted by Crippen LogP contribution is -2.45. The number of piperidine rings is 1. The summed E-state index contributed by atoms with van der Waals surface area (Å²) in [4.78, 5) is 2.51. The predicted molar refractivity (Wildman–Crippen MR) is 85.1 cm³/mol. The van der Waals surface area contributed by atoms with Gasteiger partial charge < -0.3 is 10.2 Å². The van der Waals surface area contributed by atoms with Crippen LogP contribution in [0.5, 0.6) is 0 Å². The third kappa shape index (κ3) is 3.00. The van der Waals surface area contributed by atoms with Crippen LogP contribution in [0.3, 0.4) is 0 Å². The molecule has 110 valence electrons. The van der Waals surface area contributed by atoms with Crippen molar-refractivity contribution in [3.05, 3.63) is 36.1 Å². The smallest absolute Gasteiger partial charge is 0.134 e. The van der Waals surface area contributed by atoms with E-state index in [2.05, 4.69) is 24.0 Å². The average Bonchev–Trinajstić information content (AvgIpc) is 2.84. The molecule has 0 amide bonds. The number of para-hydroxylation sites is 1. The summed E-state index contributed by atoms with van der Waals surface area (Å²) in [5, 5.41) is 1.23. The molecule has 2 unspecified atom stereocenters. The van der Waals surface area contributed by atoms with Crippen molar-refractivity contribution in [3.63, 3.8) is 0 Å². The molecule has 2 N–H and O–H groups in total. The second kappa shape index (κ2) is 6.61. The minimum absolute atomic E-state index is 0. The fourth-order valence-corrected chi connectivity index (χ4v) is 3.13. The first-order valence-electron chi connectivity index (χ1n) is 7.17. The van der Waals surface area contributed by atoms with Gasteiger partial charge in [0.25, 0.3) is 0 Å². The topological polar surface area (TPSA) is 42.4 Å². The number of hydrogen-bond donors (Lipinski definition) is 1. The van der Waals surface area contributed by atoms with Gasteiger partial charge in [0.15, 0.2) is 0 Å². The van der Waals surface area contributed by atoms with Gasteiger partial charge >= 0.3 is 0 Å². The molecule has 3 nitrogen and oxygen atoms in total. The van der Waals surface area contributed by atoms with Crippen LogP contribution in [0.4, 0.5) is 0 Å². The van der Waals surface area contributed by atoms with E-state index in [-0.39, 0.29) is 12.4 Å². The van der Waals surface area contributed by atoms with Crippen LogP contribution in [0.1, 0.15) is 25.3 Å². The molecule has 4 heteroatoms. The lowest BCUT2D eigenvalue weighted by Gasteiger charge is -2.37. The molecule has 0 bridgehead atoms. The van der Waals surface area contributed by atoms with Crippen LogP contribution in [0, 0.1) is 5.92 Å². The van der Waals surface area contributed by atoms with Crippen LogP contribution in [0.25, 0.3) is 11.0 Å². The van der Waals surface area contributed by atoms with Gasteiger partial charge in [0.1, 0.15) is 5.58 Å². The van der Waals surface area contributed by atoms with E-state index in [0.29, 0.717) is 6.04 Å². The molecule has 2 atom stereocenters. The number of nitrogens with zero attached hydrogens (tertiary/aromatic N) is 1. The molecule has 2 aromatic rings. The van der Waals surface area contributed by atoms with Crippen LogP contribution in [0.2, 0.25) is 0 Å². The molecule has 1 aliphatic heterocycles. The highest BCUT2D eigenvalue weighted by Gasteiger charge is 2.25. The zero-order valence-corrected chi connectivity index (χ0v) is 12.7. The van der Waals surface area contributed by atoms with Gasteiger partial charge in [-0.2, -0.15) is 0 Å². The van der Waals surface area contributed by atoms with Gasteiger partial charge in [-0.1, -0.05) is 25.1 Å². The van der Waals surface area contributed by atoms with Gasteiger partial charge in [0.2, 0.25) is 0 Å². The van der Waals surface area contributed by atoms with Crippen molar-refractivity contribution >= 4 is 23.4 Å². The number of nitrogens with two attached hydrogens (primary N) is 1. The number of fused-ring (bicyclic) bond motifs is 1. The number of furan rings is 1. The monoisotopic (exact) mass is 294 g/mol. The third-order valence-electron chi connectivity index (χ3n) is 4.31. The summed E-state index contributed by atoms with van der Waals surface area (Å²) in [5.41, 5.74) is 8.19. The van der Waals surface area contributed by atoms with Gasteiger partial charge in [0.05, 0.1) is 6.26 Å². The number of halogens is 1. The Balaban J connectivity index is 0.00000147. The number of rotatable bonds is 3. The summed E-state index contributed by atoms with van der Waals surface area (Å²) in [5.74, 6) is 0.797. The van der Waals surface area contributed by atoms with Crippen molar-refractivity contribution < 1.29 is 4.42 Å². The summed E-state index contributed by atoms with van der Waals surface area (Å²) in [7, 11) is 0. The van der Waals surface area contributed by atoms with Crippen molar-refractivity contribution in [2.24, 2.45) is 11.7 Å². The summed E-state index contributed by atoms with van der Waals surface area (Å²) in [6.07, 6.45) is 4.38. The molecule has 20 heavy (non-hydrogen) atoms. The maximum Gasteiger partial charge on any atom is 0.134 e. The molecule has 1 fully saturated rings. The lowest BCUT2D eigenvalue weighted by atomic mass is 9.92. The Hall–Kier alpha value is -1.03. The highest BCUT2D eigenvalue weighted by atomic mass is 35.5. The zero-order chi connectivity index (χ0) is 13.2. The first kappa shape index (κ1) is 15.4. The fourth-order valence-electron chi connectivity index (χ4n) is 3.13. The maximum absolute atomic E-state index is 5.93. The first-order chi connectivity index (χ1) is 9.28. The average molecular weight is 295 g/mol. The third-order valence-corrected chi connectivity index (χ3v) is 4.31. The maximum atomic E-state index is 5.93. The highest BCUT2D eigenvalue weighted by Crippen LogP contribution is 2.27. The van der Waals surface area contributed by atoms with Gasteiger partial charge in [0, 0.05) is 30.1 Å². The molecule has 0 radical (unpaired) electrons. The Morgan fingerprint density at radius 1 is 1.35 bits per heavy atom. The Labute approximate surface area is 126 Å². The molecular formula is C16H23ClN2O. The molecule has 1 aromatic carbocycles. The Morgan fingerprint density at radius 3 is 2.95 bits per heavy atom. The molecule has 1 aromatic heterocycles. The van der Waals surface area contributed by atoms with Crippen molar-refractivity contribution in [1.29, 1.82) is 0 Å². The van der Waals surface area contributed by atoms with E-state index < -0.39 is 0 Å². The van der Waals surface area contributed by atoms with Gasteiger partial charge in [-0.15, -0.1) is 12.4 Å². The normalized spacial score (nSPS) is 23.7. The fraction of sp³-hybridized carbons (Fsp3) is 0.500. The Kier molecular flexibility index (Phi) is 5.08. The van der Waals surface area contributed by atoms with Crippen molar-refractivity contribution in [1.82, 2.24) is 4.90 Å². The molecule has 0 spiro atoms. The predicted octanol–water partition coefficient (Wildman–Crippen LogP) is 3.41. The SMILES string of the molecule is CC1CCN(Cc2coc3ccccc23)C(CN)C1.Cl. The van der Waals surface area contributed by atoms with E-state index in [4.69, 9.17) is 10.2 Å². The summed E-state index contributed by atoms with van der Waals surface area (Å²) < 4.78 is 5.62. The minimum Gasteiger partial charge on any atom is -0.464 e. The molecule has 0 aliphatic carbocycles. The van der Waals surface area contributed by atoms with E-state index in [9.17, 15) is 0 Å². The van der Waals surface area contributed by atoms with E-state index in [0.717, 1.165) is 31.1 Å². The van der Waals surface area contributed by atoms with E-state index in [1.165, 1.54) is 23.8 Å². The molecule has 1 saturated heterocycles. The van der Waals surface area contributed by atoms with Gasteiger partial charge in [-0.05, 0) is 31.4 Å². The van der Waals surface area contributed by atoms with Crippen LogP contribution in [-0.2, 0) is 6.54 Å². The second-order valence-electron chi connectivity index (χ2n) is 5.75. The molecular weight excluding hydrogens is 272 g/mol. The minimum atomic E-state index is 0. The molecule has 2 heterocycles. The highest BCUT2D eigenvalue weighted by molar-refractivity contribution is 5.85. The van der Waals surface area contributed by atoms with Crippen LogP contribution >= 0.6 is 12.4 Å². The summed E-state index contributed by atoms with van der Waals surface area (Å²) >= 11 is 0. The number of likely N-dealkylation sites (tertiary alicyclic amines) is 1. The van der Waals surface area contributed by atoms with E-state index in [1.54, 1.807) is 0 Å². The Morgan fingerprint density at radius 2 is 2.15 bits per heavy atom. The zero-order valence-electron chi connectivity index (χ0n) is 11.9.